The minimum Gasteiger partial charge on any atom is -0.398 e. The predicted molar refractivity (Wildman–Crippen MR) is 138 cm³/mol. The van der Waals surface area contributed by atoms with Gasteiger partial charge in [-0.05, 0) is 24.0 Å². The van der Waals surface area contributed by atoms with Crippen LogP contribution >= 0.6 is 0 Å². The van der Waals surface area contributed by atoms with Gasteiger partial charge in [-0.1, -0.05) is 56.8 Å². The van der Waals surface area contributed by atoms with Crippen molar-refractivity contribution in [3.05, 3.63) is 99.3 Å². The lowest BCUT2D eigenvalue weighted by molar-refractivity contribution is 0.870. The number of aromatic nitrogens is 4. The van der Waals surface area contributed by atoms with E-state index in [4.69, 9.17) is 11.5 Å². The summed E-state index contributed by atoms with van der Waals surface area (Å²) in [7, 11) is 0. The van der Waals surface area contributed by atoms with Crippen LogP contribution in [0.3, 0.4) is 0 Å². The Hall–Kier alpha value is -4.46. The van der Waals surface area contributed by atoms with Gasteiger partial charge in [-0.3, -0.25) is 9.59 Å². The summed E-state index contributed by atoms with van der Waals surface area (Å²) in [6.07, 6.45) is 3.19. The van der Waals surface area contributed by atoms with Gasteiger partial charge < -0.3 is 11.5 Å². The molecule has 2 heterocycles. The minimum absolute atomic E-state index is 0.225. The average Bonchev–Trinajstić information content (AvgIpc) is 2.79. The van der Waals surface area contributed by atoms with Gasteiger partial charge in [0.2, 0.25) is 0 Å². The number of allylic oxidation sites excluding steroid dienone is 1. The molecule has 34 heavy (non-hydrogen) atoms. The van der Waals surface area contributed by atoms with Gasteiger partial charge in [0.25, 0.3) is 11.1 Å². The first-order valence-electron chi connectivity index (χ1n) is 10.7. The third-order valence-electron chi connectivity index (χ3n) is 5.28. The van der Waals surface area contributed by atoms with Crippen molar-refractivity contribution in [3.63, 3.8) is 0 Å². The van der Waals surface area contributed by atoms with Crippen LogP contribution in [0, 0.1) is 0 Å². The van der Waals surface area contributed by atoms with Crippen LogP contribution in [-0.4, -0.2) is 20.4 Å². The highest BCUT2D eigenvalue weighted by atomic mass is 16.1. The van der Waals surface area contributed by atoms with Gasteiger partial charge in [0, 0.05) is 51.3 Å². The summed E-state index contributed by atoms with van der Waals surface area (Å²) in [4.78, 5) is 22.5. The number of H-pyrrole nitrogens is 2. The van der Waals surface area contributed by atoms with Crippen LogP contribution in [0.4, 0.5) is 11.4 Å². The number of hydrogen-bond donors (Lipinski definition) is 4. The fourth-order valence-corrected chi connectivity index (χ4v) is 3.57. The van der Waals surface area contributed by atoms with Gasteiger partial charge in [0.05, 0.1) is 12.4 Å². The molecule has 0 radical (unpaired) electrons. The first-order chi connectivity index (χ1) is 16.2. The molecular formula is C26H28N6O2. The van der Waals surface area contributed by atoms with Gasteiger partial charge in [0.1, 0.15) is 0 Å². The molecule has 0 amide bonds. The Balaban J connectivity index is 0.000000191. The summed E-state index contributed by atoms with van der Waals surface area (Å²) < 4.78 is 0. The molecule has 8 heteroatoms. The molecular weight excluding hydrogens is 428 g/mol. The average molecular weight is 457 g/mol. The monoisotopic (exact) mass is 456 g/mol. The standard InChI is InChI=1S/C13H15N3O.C13H13N3O/c2*1-8(2)10-4-3-5-11(13(10)14)9-6-12(17)16-15-7-9/h3-8H,14H2,1-2H3,(H,16,17);3-7H,1,14H2,2H3,(H,16,17). The zero-order chi connectivity index (χ0) is 24.8. The maximum Gasteiger partial charge on any atom is 0.264 e. The molecule has 0 spiro atoms. The van der Waals surface area contributed by atoms with Crippen LogP contribution in [0.15, 0.2) is 77.1 Å². The molecule has 4 aromatic rings. The number of anilines is 2. The fourth-order valence-electron chi connectivity index (χ4n) is 3.57. The Morgan fingerprint density at radius 2 is 1.35 bits per heavy atom. The van der Waals surface area contributed by atoms with Gasteiger partial charge in [-0.25, -0.2) is 10.2 Å². The van der Waals surface area contributed by atoms with Crippen LogP contribution in [0.1, 0.15) is 37.8 Å². The van der Waals surface area contributed by atoms with E-state index in [1.165, 1.54) is 12.1 Å². The van der Waals surface area contributed by atoms with Gasteiger partial charge in [0.15, 0.2) is 0 Å². The second kappa shape index (κ2) is 10.4. The Morgan fingerprint density at radius 3 is 1.82 bits per heavy atom. The van der Waals surface area contributed by atoms with Crippen LogP contribution in [-0.2, 0) is 0 Å². The van der Waals surface area contributed by atoms with E-state index in [0.717, 1.165) is 39.1 Å². The second-order valence-corrected chi connectivity index (χ2v) is 8.18. The van der Waals surface area contributed by atoms with Gasteiger partial charge >= 0.3 is 0 Å². The molecule has 0 atom stereocenters. The zero-order valence-electron chi connectivity index (χ0n) is 19.4. The number of nitrogens with zero attached hydrogens (tertiary/aromatic N) is 2. The SMILES string of the molecule is C=C(C)c1cccc(-c2cn[nH]c(=O)c2)c1N.CC(C)c1cccc(-c2cn[nH]c(=O)c2)c1N. The van der Waals surface area contributed by atoms with E-state index in [2.05, 4.69) is 40.8 Å². The summed E-state index contributed by atoms with van der Waals surface area (Å²) in [5.41, 5.74) is 19.0. The number of benzene rings is 2. The lowest BCUT2D eigenvalue weighted by atomic mass is 9.95. The van der Waals surface area contributed by atoms with Crippen molar-refractivity contribution in [2.75, 3.05) is 11.5 Å². The number of nitrogen functional groups attached to an aromatic ring is 2. The van der Waals surface area contributed by atoms with Crippen molar-refractivity contribution in [1.82, 2.24) is 20.4 Å². The smallest absolute Gasteiger partial charge is 0.264 e. The zero-order valence-corrected chi connectivity index (χ0v) is 19.4. The number of rotatable bonds is 4. The first-order valence-corrected chi connectivity index (χ1v) is 10.7. The van der Waals surface area contributed by atoms with Crippen LogP contribution in [0.5, 0.6) is 0 Å². The van der Waals surface area contributed by atoms with Crippen LogP contribution in [0.25, 0.3) is 27.8 Å². The maximum atomic E-state index is 11.2. The third kappa shape index (κ3) is 5.47. The van der Waals surface area contributed by atoms with Crippen molar-refractivity contribution in [2.45, 2.75) is 26.7 Å². The minimum atomic E-state index is -0.248. The number of nitrogens with one attached hydrogen (secondary N) is 2. The van der Waals surface area contributed by atoms with E-state index in [-0.39, 0.29) is 11.1 Å². The van der Waals surface area contributed by atoms with E-state index in [9.17, 15) is 9.59 Å². The van der Waals surface area contributed by atoms with E-state index in [0.29, 0.717) is 17.2 Å². The molecule has 0 saturated heterocycles. The van der Waals surface area contributed by atoms with Crippen molar-refractivity contribution < 1.29 is 0 Å². The third-order valence-corrected chi connectivity index (χ3v) is 5.28. The highest BCUT2D eigenvalue weighted by molar-refractivity contribution is 5.85. The second-order valence-electron chi connectivity index (χ2n) is 8.18. The summed E-state index contributed by atoms with van der Waals surface area (Å²) in [6, 6.07) is 14.5. The number of para-hydroxylation sites is 2. The Kier molecular flexibility index (Phi) is 7.43. The van der Waals surface area contributed by atoms with E-state index in [1.54, 1.807) is 12.4 Å². The molecule has 8 nitrogen and oxygen atoms in total. The normalized spacial score (nSPS) is 10.5. The topological polar surface area (TPSA) is 144 Å². The van der Waals surface area contributed by atoms with Gasteiger partial charge in [-0.2, -0.15) is 10.2 Å². The van der Waals surface area contributed by atoms with Crippen molar-refractivity contribution in [2.24, 2.45) is 0 Å². The summed E-state index contributed by atoms with van der Waals surface area (Å²) in [5, 5.41) is 12.2. The quantitative estimate of drug-likeness (QED) is 0.339. The molecule has 2 aromatic heterocycles. The van der Waals surface area contributed by atoms with Crippen LogP contribution in [0.2, 0.25) is 0 Å². The van der Waals surface area contributed by atoms with Crippen molar-refractivity contribution in [3.8, 4) is 22.3 Å². The molecule has 0 fully saturated rings. The summed E-state index contributed by atoms with van der Waals surface area (Å²) >= 11 is 0. The van der Waals surface area contributed by atoms with Crippen molar-refractivity contribution >= 4 is 16.9 Å². The maximum absolute atomic E-state index is 11.2. The van der Waals surface area contributed by atoms with E-state index >= 15 is 0 Å². The summed E-state index contributed by atoms with van der Waals surface area (Å²) in [6.45, 7) is 9.95. The van der Waals surface area contributed by atoms with Crippen LogP contribution < -0.4 is 22.6 Å². The molecule has 174 valence electrons. The predicted octanol–water partition coefficient (Wildman–Crippen LogP) is 4.19. The molecule has 0 bridgehead atoms. The van der Waals surface area contributed by atoms with E-state index < -0.39 is 0 Å². The first kappa shape index (κ1) is 24.2. The molecule has 0 aliphatic carbocycles. The molecule has 6 N–H and O–H groups in total. The molecule has 0 aliphatic rings. The Morgan fingerprint density at radius 1 is 0.853 bits per heavy atom. The lowest BCUT2D eigenvalue weighted by Gasteiger charge is -2.13. The number of nitrogens with two attached hydrogens (primary N) is 2. The fraction of sp³-hybridized carbons (Fsp3) is 0.154. The molecule has 0 unspecified atom stereocenters. The highest BCUT2D eigenvalue weighted by Gasteiger charge is 2.10. The van der Waals surface area contributed by atoms with Crippen molar-refractivity contribution in [1.29, 1.82) is 0 Å². The number of aromatic amines is 2. The highest BCUT2D eigenvalue weighted by Crippen LogP contribution is 2.31. The number of hydrogen-bond acceptors (Lipinski definition) is 6. The molecule has 4 rings (SSSR count). The lowest BCUT2D eigenvalue weighted by Crippen LogP contribution is -2.06. The molecule has 0 aliphatic heterocycles. The van der Waals surface area contributed by atoms with Gasteiger partial charge in [-0.15, -0.1) is 0 Å². The molecule has 2 aromatic carbocycles. The van der Waals surface area contributed by atoms with E-state index in [1.807, 2.05) is 43.3 Å². The molecule has 0 saturated carbocycles. The largest absolute Gasteiger partial charge is 0.398 e. The Labute approximate surface area is 197 Å². The summed E-state index contributed by atoms with van der Waals surface area (Å²) in [5.74, 6) is 0.352. The Bertz CT molecular complexity index is 1440.